The topological polar surface area (TPSA) is 159 Å². The van der Waals surface area contributed by atoms with Gasteiger partial charge in [-0.3, -0.25) is 14.4 Å². The van der Waals surface area contributed by atoms with Crippen molar-refractivity contribution < 1.29 is 29.4 Å². The fraction of sp³-hybridized carbons (Fsp3) is 0.375. The lowest BCUT2D eigenvalue weighted by atomic mass is 10.0. The number of benzene rings is 1. The molecular formula is C16H21N3O6S. The first-order valence-electron chi connectivity index (χ1n) is 7.70. The molecule has 0 aliphatic rings. The van der Waals surface area contributed by atoms with E-state index in [4.69, 9.17) is 15.9 Å². The molecule has 0 aliphatic heterocycles. The maximum absolute atomic E-state index is 12.4. The first-order chi connectivity index (χ1) is 12.2. The van der Waals surface area contributed by atoms with Gasteiger partial charge < -0.3 is 26.6 Å². The summed E-state index contributed by atoms with van der Waals surface area (Å²) in [5.74, 6) is -4.20. The molecule has 0 radical (unpaired) electrons. The molecule has 3 unspecified atom stereocenters. The number of rotatable bonds is 10. The number of carbonyl (C=O) groups is 4. The van der Waals surface area contributed by atoms with Crippen molar-refractivity contribution in [3.05, 3.63) is 35.9 Å². The van der Waals surface area contributed by atoms with E-state index in [-0.39, 0.29) is 12.2 Å². The Kier molecular flexibility index (Phi) is 8.59. The summed E-state index contributed by atoms with van der Waals surface area (Å²) in [7, 11) is 0. The average Bonchev–Trinajstić information content (AvgIpc) is 2.58. The van der Waals surface area contributed by atoms with Gasteiger partial charge in [-0.15, -0.1) is 0 Å². The number of nitrogens with two attached hydrogens (primary N) is 1. The number of aliphatic carboxylic acids is 2. The molecule has 0 saturated heterocycles. The van der Waals surface area contributed by atoms with E-state index in [0.717, 1.165) is 5.56 Å². The van der Waals surface area contributed by atoms with Crippen molar-refractivity contribution in [1.82, 2.24) is 10.6 Å². The molecule has 1 aromatic carbocycles. The molecule has 142 valence electrons. The Morgan fingerprint density at radius 1 is 1.00 bits per heavy atom. The van der Waals surface area contributed by atoms with Crippen LogP contribution in [0, 0.1) is 0 Å². The van der Waals surface area contributed by atoms with E-state index in [1.54, 1.807) is 30.3 Å². The average molecular weight is 383 g/mol. The molecule has 0 aliphatic carbocycles. The number of carbonyl (C=O) groups excluding carboxylic acids is 2. The molecular weight excluding hydrogens is 362 g/mol. The molecule has 0 aromatic heterocycles. The second kappa shape index (κ2) is 10.4. The Morgan fingerprint density at radius 2 is 1.58 bits per heavy atom. The van der Waals surface area contributed by atoms with Crippen molar-refractivity contribution in [1.29, 1.82) is 0 Å². The predicted octanol–water partition coefficient (Wildman–Crippen LogP) is -0.985. The number of nitrogens with one attached hydrogen (secondary N) is 2. The molecule has 0 bridgehead atoms. The van der Waals surface area contributed by atoms with Crippen LogP contribution in [0.4, 0.5) is 0 Å². The van der Waals surface area contributed by atoms with E-state index in [2.05, 4.69) is 23.3 Å². The van der Waals surface area contributed by atoms with Gasteiger partial charge in [-0.25, -0.2) is 4.79 Å². The van der Waals surface area contributed by atoms with Gasteiger partial charge in [-0.05, 0) is 5.56 Å². The highest BCUT2D eigenvalue weighted by atomic mass is 32.1. The number of carboxylic acid groups (broad SMARTS) is 2. The fourth-order valence-corrected chi connectivity index (χ4v) is 2.32. The molecule has 0 heterocycles. The normalized spacial score (nSPS) is 13.9. The van der Waals surface area contributed by atoms with Crippen molar-refractivity contribution >= 4 is 36.4 Å². The Bertz CT molecular complexity index is 655. The molecule has 26 heavy (non-hydrogen) atoms. The summed E-state index contributed by atoms with van der Waals surface area (Å²) < 4.78 is 0. The molecule has 6 N–H and O–H groups in total. The van der Waals surface area contributed by atoms with Crippen molar-refractivity contribution in [3.63, 3.8) is 0 Å². The van der Waals surface area contributed by atoms with Gasteiger partial charge in [0.05, 0.1) is 12.5 Å². The van der Waals surface area contributed by atoms with Crippen LogP contribution in [0.5, 0.6) is 0 Å². The lowest BCUT2D eigenvalue weighted by Gasteiger charge is -2.22. The summed E-state index contributed by atoms with van der Waals surface area (Å²) in [6.07, 6.45) is -0.517. The highest BCUT2D eigenvalue weighted by Crippen LogP contribution is 2.05. The summed E-state index contributed by atoms with van der Waals surface area (Å²) in [5, 5.41) is 22.4. The van der Waals surface area contributed by atoms with Gasteiger partial charge in [-0.2, -0.15) is 12.6 Å². The van der Waals surface area contributed by atoms with Gasteiger partial charge in [0.2, 0.25) is 11.8 Å². The Labute approximate surface area is 155 Å². The SMILES string of the molecule is NC(CC(=O)O)C(=O)NC(Cc1ccccc1)C(=O)NC(CS)C(=O)O. The molecule has 0 spiro atoms. The lowest BCUT2D eigenvalue weighted by molar-refractivity contribution is -0.142. The van der Waals surface area contributed by atoms with Gasteiger partial charge in [0.25, 0.3) is 0 Å². The van der Waals surface area contributed by atoms with E-state index < -0.39 is 48.3 Å². The number of thiol groups is 1. The third-order valence-electron chi connectivity index (χ3n) is 3.44. The zero-order valence-corrected chi connectivity index (χ0v) is 14.7. The molecule has 10 heteroatoms. The minimum Gasteiger partial charge on any atom is -0.481 e. The van der Waals surface area contributed by atoms with Crippen LogP contribution < -0.4 is 16.4 Å². The van der Waals surface area contributed by atoms with Crippen LogP contribution in [0.2, 0.25) is 0 Å². The first kappa shape index (κ1) is 21.5. The number of amides is 2. The molecule has 2 amide bonds. The Morgan fingerprint density at radius 3 is 2.08 bits per heavy atom. The first-order valence-corrected chi connectivity index (χ1v) is 8.33. The minimum atomic E-state index is -1.33. The summed E-state index contributed by atoms with van der Waals surface area (Å²) in [6, 6.07) is 5.06. The van der Waals surface area contributed by atoms with Crippen molar-refractivity contribution in [3.8, 4) is 0 Å². The maximum Gasteiger partial charge on any atom is 0.327 e. The summed E-state index contributed by atoms with van der Waals surface area (Å²) in [4.78, 5) is 46.2. The van der Waals surface area contributed by atoms with E-state index in [0.29, 0.717) is 0 Å². The van der Waals surface area contributed by atoms with Gasteiger partial charge >= 0.3 is 11.9 Å². The molecule has 1 aromatic rings. The summed E-state index contributed by atoms with van der Waals surface area (Å²) >= 11 is 3.87. The zero-order valence-electron chi connectivity index (χ0n) is 13.8. The number of hydrogen-bond acceptors (Lipinski definition) is 6. The highest BCUT2D eigenvalue weighted by Gasteiger charge is 2.28. The van der Waals surface area contributed by atoms with E-state index in [9.17, 15) is 19.2 Å². The van der Waals surface area contributed by atoms with E-state index >= 15 is 0 Å². The van der Waals surface area contributed by atoms with Crippen LogP contribution in [-0.2, 0) is 25.6 Å². The molecule has 3 atom stereocenters. The second-order valence-corrected chi connectivity index (χ2v) is 5.90. The van der Waals surface area contributed by atoms with Crippen LogP contribution in [0.3, 0.4) is 0 Å². The van der Waals surface area contributed by atoms with Crippen molar-refractivity contribution in [2.45, 2.75) is 31.0 Å². The smallest absolute Gasteiger partial charge is 0.327 e. The van der Waals surface area contributed by atoms with Crippen LogP contribution >= 0.6 is 12.6 Å². The van der Waals surface area contributed by atoms with Crippen LogP contribution in [-0.4, -0.2) is 57.8 Å². The zero-order chi connectivity index (χ0) is 19.7. The summed E-state index contributed by atoms with van der Waals surface area (Å²) in [5.41, 5.74) is 6.22. The Hall–Kier alpha value is -2.59. The molecule has 0 fully saturated rings. The van der Waals surface area contributed by atoms with Crippen LogP contribution in [0.1, 0.15) is 12.0 Å². The van der Waals surface area contributed by atoms with Crippen LogP contribution in [0.15, 0.2) is 30.3 Å². The number of hydrogen-bond donors (Lipinski definition) is 6. The fourth-order valence-electron chi connectivity index (χ4n) is 2.08. The van der Waals surface area contributed by atoms with E-state index in [1.165, 1.54) is 0 Å². The lowest BCUT2D eigenvalue weighted by Crippen LogP contribution is -2.55. The standard InChI is InChI=1S/C16H21N3O6S/c17-10(7-13(20)21)14(22)18-11(6-9-4-2-1-3-5-9)15(23)19-12(8-26)16(24)25/h1-5,10-12,26H,6-8,17H2,(H,18,22)(H,19,23)(H,20,21)(H,24,25). The third-order valence-corrected chi connectivity index (χ3v) is 3.81. The molecule has 0 saturated carbocycles. The molecule has 9 nitrogen and oxygen atoms in total. The second-order valence-electron chi connectivity index (χ2n) is 5.54. The van der Waals surface area contributed by atoms with E-state index in [1.807, 2.05) is 0 Å². The summed E-state index contributed by atoms with van der Waals surface area (Å²) in [6.45, 7) is 0. The quantitative estimate of drug-likeness (QED) is 0.283. The Balaban J connectivity index is 2.90. The van der Waals surface area contributed by atoms with Gasteiger partial charge in [0.1, 0.15) is 12.1 Å². The maximum atomic E-state index is 12.4. The number of carboxylic acids is 2. The highest BCUT2D eigenvalue weighted by molar-refractivity contribution is 7.80. The third kappa shape index (κ3) is 7.11. The van der Waals surface area contributed by atoms with Crippen molar-refractivity contribution in [2.24, 2.45) is 5.73 Å². The minimum absolute atomic E-state index is 0.0805. The molecule has 1 rings (SSSR count). The van der Waals surface area contributed by atoms with Crippen molar-refractivity contribution in [2.75, 3.05) is 5.75 Å². The monoisotopic (exact) mass is 383 g/mol. The largest absolute Gasteiger partial charge is 0.481 e. The predicted molar refractivity (Wildman–Crippen MR) is 95.7 cm³/mol. The van der Waals surface area contributed by atoms with Gasteiger partial charge in [0, 0.05) is 12.2 Å². The van der Waals surface area contributed by atoms with Gasteiger partial charge in [0.15, 0.2) is 0 Å². The van der Waals surface area contributed by atoms with Crippen LogP contribution in [0.25, 0.3) is 0 Å². The van der Waals surface area contributed by atoms with Gasteiger partial charge in [-0.1, -0.05) is 30.3 Å².